The van der Waals surface area contributed by atoms with E-state index in [4.69, 9.17) is 0 Å². The molecule has 7 heteroatoms. The number of nitrogens with one attached hydrogen (secondary N) is 1. The van der Waals surface area contributed by atoms with Crippen LogP contribution in [0.3, 0.4) is 0 Å². The fourth-order valence-electron chi connectivity index (χ4n) is 5.80. The van der Waals surface area contributed by atoms with Crippen molar-refractivity contribution in [3.05, 3.63) is 28.8 Å². The van der Waals surface area contributed by atoms with Crippen LogP contribution < -0.4 is 5.32 Å². The van der Waals surface area contributed by atoms with Crippen LogP contribution in [0.4, 0.5) is 10.5 Å². The number of amides is 5. The lowest BCUT2D eigenvalue weighted by Crippen LogP contribution is -2.45. The predicted molar refractivity (Wildman–Crippen MR) is 112 cm³/mol. The molecule has 2 saturated carbocycles. The van der Waals surface area contributed by atoms with E-state index in [1.165, 1.54) is 6.42 Å². The average molecular weight is 412 g/mol. The number of fused-ring (bicyclic) bond motifs is 2. The number of anilines is 1. The lowest BCUT2D eigenvalue weighted by molar-refractivity contribution is -0.144. The number of aryl methyl sites for hydroxylation is 3. The first-order chi connectivity index (χ1) is 14.2. The van der Waals surface area contributed by atoms with Crippen LogP contribution in [0.5, 0.6) is 0 Å². The van der Waals surface area contributed by atoms with Crippen molar-refractivity contribution < 1.29 is 19.2 Å². The molecule has 1 aliphatic heterocycles. The van der Waals surface area contributed by atoms with Crippen LogP contribution in [0.2, 0.25) is 0 Å². The number of nitrogens with zero attached hydrogens (tertiary/aromatic N) is 2. The Morgan fingerprint density at radius 2 is 1.73 bits per heavy atom. The van der Waals surface area contributed by atoms with E-state index in [0.29, 0.717) is 17.5 Å². The highest BCUT2D eigenvalue weighted by molar-refractivity contribution is 6.45. The molecule has 1 heterocycles. The summed E-state index contributed by atoms with van der Waals surface area (Å²) in [5.74, 6) is -0.780. The van der Waals surface area contributed by atoms with Crippen LogP contribution in [0.1, 0.15) is 49.3 Å². The number of carbonyl (C=O) groups excluding carboxylic acids is 4. The van der Waals surface area contributed by atoms with Gasteiger partial charge in [-0.3, -0.25) is 19.3 Å². The van der Waals surface area contributed by atoms with Crippen molar-refractivity contribution in [2.24, 2.45) is 17.8 Å². The molecule has 0 spiro atoms. The minimum Gasteiger partial charge on any atom is -0.324 e. The summed E-state index contributed by atoms with van der Waals surface area (Å²) in [4.78, 5) is 52.5. The van der Waals surface area contributed by atoms with Crippen LogP contribution in [0.25, 0.3) is 0 Å². The first-order valence-electron chi connectivity index (χ1n) is 10.7. The van der Waals surface area contributed by atoms with Gasteiger partial charge in [-0.05, 0) is 75.8 Å². The predicted octanol–water partition coefficient (Wildman–Crippen LogP) is 3.17. The van der Waals surface area contributed by atoms with Crippen molar-refractivity contribution in [3.8, 4) is 0 Å². The molecule has 30 heavy (non-hydrogen) atoms. The van der Waals surface area contributed by atoms with E-state index in [-0.39, 0.29) is 12.0 Å². The van der Waals surface area contributed by atoms with Gasteiger partial charge in [-0.15, -0.1) is 0 Å². The van der Waals surface area contributed by atoms with Gasteiger partial charge in [0.2, 0.25) is 5.91 Å². The Labute approximate surface area is 176 Å². The quantitative estimate of drug-likeness (QED) is 0.596. The van der Waals surface area contributed by atoms with Gasteiger partial charge in [0.05, 0.1) is 0 Å². The number of imide groups is 2. The number of benzene rings is 1. The maximum absolute atomic E-state index is 12.9. The van der Waals surface area contributed by atoms with E-state index in [1.807, 2.05) is 39.8 Å². The fraction of sp³-hybridized carbons (Fsp3) is 0.565. The molecule has 0 unspecified atom stereocenters. The van der Waals surface area contributed by atoms with Crippen LogP contribution >= 0.6 is 0 Å². The van der Waals surface area contributed by atoms with Gasteiger partial charge in [-0.25, -0.2) is 9.69 Å². The Morgan fingerprint density at radius 1 is 1.07 bits per heavy atom. The van der Waals surface area contributed by atoms with Crippen LogP contribution in [-0.4, -0.2) is 46.1 Å². The molecule has 7 nitrogen and oxygen atoms in total. The zero-order chi connectivity index (χ0) is 21.7. The molecule has 1 N–H and O–H groups in total. The van der Waals surface area contributed by atoms with E-state index in [1.54, 1.807) is 0 Å². The van der Waals surface area contributed by atoms with E-state index >= 15 is 0 Å². The molecule has 2 bridgehead atoms. The summed E-state index contributed by atoms with van der Waals surface area (Å²) in [6.07, 6.45) is 4.51. The zero-order valence-corrected chi connectivity index (χ0v) is 18.0. The second kappa shape index (κ2) is 7.52. The summed E-state index contributed by atoms with van der Waals surface area (Å²) in [5, 5.41) is 2.79. The number of carbonyl (C=O) groups is 4. The first kappa shape index (κ1) is 20.6. The summed E-state index contributed by atoms with van der Waals surface area (Å²) >= 11 is 0. The van der Waals surface area contributed by atoms with Gasteiger partial charge >= 0.3 is 17.8 Å². The second-order valence-corrected chi connectivity index (χ2v) is 9.25. The second-order valence-electron chi connectivity index (χ2n) is 9.25. The molecule has 0 aromatic heterocycles. The van der Waals surface area contributed by atoms with Gasteiger partial charge in [-0.2, -0.15) is 0 Å². The van der Waals surface area contributed by atoms with Crippen molar-refractivity contribution in [2.75, 3.05) is 11.9 Å². The highest BCUT2D eigenvalue weighted by Gasteiger charge is 2.52. The highest BCUT2D eigenvalue weighted by atomic mass is 16.2. The third-order valence-electron chi connectivity index (χ3n) is 7.15. The largest absolute Gasteiger partial charge is 0.334 e. The van der Waals surface area contributed by atoms with Gasteiger partial charge in [-0.1, -0.05) is 24.1 Å². The fourth-order valence-corrected chi connectivity index (χ4v) is 5.80. The van der Waals surface area contributed by atoms with Gasteiger partial charge in [0.15, 0.2) is 0 Å². The lowest BCUT2D eigenvalue weighted by atomic mass is 9.83. The maximum Gasteiger partial charge on any atom is 0.334 e. The summed E-state index contributed by atoms with van der Waals surface area (Å²) in [5.41, 5.74) is 3.57. The highest BCUT2D eigenvalue weighted by Crippen LogP contribution is 2.50. The van der Waals surface area contributed by atoms with Crippen LogP contribution in [0, 0.1) is 38.5 Å². The molecule has 5 amide bonds. The van der Waals surface area contributed by atoms with Crippen LogP contribution in [0.15, 0.2) is 12.1 Å². The number of urea groups is 1. The SMILES string of the molecule is Cc1cc(C)c(NC(=O)CN2C(=O)C(=O)N([C@@H](C)[C@H]3C[C@H]4CC[C@H]3C4)C2=O)c(C)c1. The zero-order valence-electron chi connectivity index (χ0n) is 18.0. The molecular weight excluding hydrogens is 382 g/mol. The Morgan fingerprint density at radius 3 is 2.30 bits per heavy atom. The molecule has 4 rings (SSSR count). The van der Waals surface area contributed by atoms with E-state index in [9.17, 15) is 19.2 Å². The van der Waals surface area contributed by atoms with E-state index in [2.05, 4.69) is 5.32 Å². The summed E-state index contributed by atoms with van der Waals surface area (Å²) in [6.45, 7) is 7.16. The summed E-state index contributed by atoms with van der Waals surface area (Å²) in [6, 6.07) is 2.92. The Bertz CT molecular complexity index is 917. The van der Waals surface area contributed by atoms with Gasteiger partial charge in [0.25, 0.3) is 0 Å². The Hall–Kier alpha value is -2.70. The van der Waals surface area contributed by atoms with Crippen molar-refractivity contribution in [2.45, 2.75) is 59.4 Å². The molecule has 3 aliphatic rings. The Kier molecular flexibility index (Phi) is 5.16. The molecule has 3 fully saturated rings. The van der Waals surface area contributed by atoms with Crippen molar-refractivity contribution >= 4 is 29.4 Å². The van der Waals surface area contributed by atoms with Crippen LogP contribution in [-0.2, 0) is 14.4 Å². The minimum absolute atomic E-state index is 0.246. The number of hydrogen-bond acceptors (Lipinski definition) is 4. The van der Waals surface area contributed by atoms with E-state index in [0.717, 1.165) is 45.8 Å². The van der Waals surface area contributed by atoms with Gasteiger partial charge in [0, 0.05) is 11.7 Å². The molecule has 1 saturated heterocycles. The lowest BCUT2D eigenvalue weighted by Gasteiger charge is -2.32. The molecule has 0 radical (unpaired) electrons. The number of hydrogen-bond donors (Lipinski definition) is 1. The number of rotatable bonds is 5. The monoisotopic (exact) mass is 411 g/mol. The normalized spacial score (nSPS) is 26.7. The molecule has 4 atom stereocenters. The molecule has 2 aliphatic carbocycles. The Balaban J connectivity index is 1.46. The topological polar surface area (TPSA) is 86.8 Å². The van der Waals surface area contributed by atoms with Crippen molar-refractivity contribution in [1.82, 2.24) is 9.80 Å². The summed E-state index contributed by atoms with van der Waals surface area (Å²) < 4.78 is 0. The van der Waals surface area contributed by atoms with Gasteiger partial charge in [0.1, 0.15) is 6.54 Å². The average Bonchev–Trinajstić information content (AvgIpc) is 3.36. The van der Waals surface area contributed by atoms with Crippen molar-refractivity contribution in [1.29, 1.82) is 0 Å². The summed E-state index contributed by atoms with van der Waals surface area (Å²) in [7, 11) is 0. The molecule has 1 aromatic carbocycles. The molecule has 1 aromatic rings. The molecular formula is C23H29N3O4. The third-order valence-corrected chi connectivity index (χ3v) is 7.15. The first-order valence-corrected chi connectivity index (χ1v) is 10.7. The van der Waals surface area contributed by atoms with E-state index < -0.39 is 30.3 Å². The van der Waals surface area contributed by atoms with Gasteiger partial charge < -0.3 is 5.32 Å². The minimum atomic E-state index is -0.914. The maximum atomic E-state index is 12.9. The smallest absolute Gasteiger partial charge is 0.324 e. The van der Waals surface area contributed by atoms with Crippen molar-refractivity contribution in [3.63, 3.8) is 0 Å². The third kappa shape index (κ3) is 3.40. The molecule has 160 valence electrons. The standard InChI is InChI=1S/C23H29N3O4/c1-12-7-13(2)20(14(3)8-12)24-19(27)11-25-21(28)22(29)26(23(25)30)15(4)18-10-16-5-6-17(18)9-16/h7-8,15-18H,5-6,9-11H2,1-4H3,(H,24,27)/t15-,16-,17-,18+/m0/s1.